The topological polar surface area (TPSA) is 49.4 Å². The minimum absolute atomic E-state index is 0.230. The molecule has 0 bridgehead atoms. The summed E-state index contributed by atoms with van der Waals surface area (Å²) in [7, 11) is -2.83. The van der Waals surface area contributed by atoms with Crippen LogP contribution in [0.3, 0.4) is 0 Å². The Balaban J connectivity index is 2.10. The Kier molecular flexibility index (Phi) is 5.71. The van der Waals surface area contributed by atoms with E-state index in [9.17, 15) is 8.42 Å². The van der Waals surface area contributed by atoms with Crippen LogP contribution in [0.5, 0.6) is 0 Å². The summed E-state index contributed by atoms with van der Waals surface area (Å²) in [5.41, 5.74) is 0. The van der Waals surface area contributed by atoms with Gasteiger partial charge in [-0.3, -0.25) is 4.90 Å². The first-order valence-electron chi connectivity index (χ1n) is 8.48. The van der Waals surface area contributed by atoms with Crippen LogP contribution >= 0.6 is 0 Å². The Labute approximate surface area is 130 Å². The monoisotopic (exact) mass is 316 g/mol. The zero-order valence-corrected chi connectivity index (χ0v) is 14.8. The Morgan fingerprint density at radius 3 is 2.52 bits per heavy atom. The van der Waals surface area contributed by atoms with Gasteiger partial charge in [-0.15, -0.1) is 0 Å². The molecule has 2 rings (SSSR count). The molecular formula is C16H32N2O2S. The lowest BCUT2D eigenvalue weighted by atomic mass is 9.92. The van der Waals surface area contributed by atoms with Gasteiger partial charge in [0.05, 0.1) is 11.5 Å². The van der Waals surface area contributed by atoms with Crippen molar-refractivity contribution in [3.05, 3.63) is 0 Å². The summed E-state index contributed by atoms with van der Waals surface area (Å²) in [5.74, 6) is 1.99. The molecule has 2 heterocycles. The van der Waals surface area contributed by atoms with Crippen molar-refractivity contribution < 1.29 is 8.42 Å². The quantitative estimate of drug-likeness (QED) is 0.861. The predicted octanol–water partition coefficient (Wildman–Crippen LogP) is 1.91. The van der Waals surface area contributed by atoms with Crippen molar-refractivity contribution in [3.8, 4) is 0 Å². The van der Waals surface area contributed by atoms with Crippen LogP contribution in [-0.2, 0) is 9.84 Å². The van der Waals surface area contributed by atoms with E-state index < -0.39 is 9.84 Å². The Morgan fingerprint density at radius 2 is 1.95 bits per heavy atom. The van der Waals surface area contributed by atoms with Gasteiger partial charge in [-0.1, -0.05) is 27.7 Å². The van der Waals surface area contributed by atoms with Gasteiger partial charge < -0.3 is 5.32 Å². The molecule has 0 amide bonds. The van der Waals surface area contributed by atoms with E-state index in [0.717, 1.165) is 25.9 Å². The molecule has 2 saturated heterocycles. The van der Waals surface area contributed by atoms with Gasteiger partial charge in [0, 0.05) is 31.2 Å². The second-order valence-electron chi connectivity index (χ2n) is 7.65. The highest BCUT2D eigenvalue weighted by molar-refractivity contribution is 7.91. The molecule has 3 atom stereocenters. The number of nitrogens with zero attached hydrogens (tertiary/aromatic N) is 1. The number of nitrogens with one attached hydrogen (secondary N) is 1. The third kappa shape index (κ3) is 4.67. The molecule has 3 unspecified atom stereocenters. The van der Waals surface area contributed by atoms with Crippen molar-refractivity contribution in [3.63, 3.8) is 0 Å². The second kappa shape index (κ2) is 6.97. The van der Waals surface area contributed by atoms with E-state index >= 15 is 0 Å². The lowest BCUT2D eigenvalue weighted by molar-refractivity contribution is 0.0538. The van der Waals surface area contributed by atoms with Crippen molar-refractivity contribution in [1.29, 1.82) is 0 Å². The van der Waals surface area contributed by atoms with Crippen molar-refractivity contribution in [1.82, 2.24) is 10.2 Å². The number of rotatable bonds is 4. The van der Waals surface area contributed by atoms with Crippen molar-refractivity contribution in [2.24, 2.45) is 11.8 Å². The SMILES string of the molecule is CC(C)CC1CN(C2CCCS(=O)(=O)C2)C(C(C)C)CN1. The summed E-state index contributed by atoms with van der Waals surface area (Å²) in [5, 5.41) is 3.68. The lowest BCUT2D eigenvalue weighted by Gasteiger charge is -2.47. The third-order valence-corrected chi connectivity index (χ3v) is 6.71. The first-order chi connectivity index (χ1) is 9.78. The van der Waals surface area contributed by atoms with Crippen LogP contribution in [0.4, 0.5) is 0 Å². The van der Waals surface area contributed by atoms with Crippen LogP contribution < -0.4 is 5.32 Å². The summed E-state index contributed by atoms with van der Waals surface area (Å²) in [6, 6.07) is 1.20. The minimum atomic E-state index is -2.83. The fourth-order valence-corrected chi connectivity index (χ4v) is 5.60. The summed E-state index contributed by atoms with van der Waals surface area (Å²) in [4.78, 5) is 2.52. The molecular weight excluding hydrogens is 284 g/mol. The average Bonchev–Trinajstić information content (AvgIpc) is 2.36. The number of hydrogen-bond donors (Lipinski definition) is 1. The summed E-state index contributed by atoms with van der Waals surface area (Å²) < 4.78 is 24.0. The molecule has 1 N–H and O–H groups in total. The molecule has 124 valence electrons. The first kappa shape index (κ1) is 17.2. The van der Waals surface area contributed by atoms with Crippen molar-refractivity contribution in [2.75, 3.05) is 24.6 Å². The number of sulfone groups is 1. The molecule has 2 fully saturated rings. The highest BCUT2D eigenvalue weighted by Gasteiger charge is 2.37. The molecule has 21 heavy (non-hydrogen) atoms. The highest BCUT2D eigenvalue weighted by atomic mass is 32.2. The molecule has 4 nitrogen and oxygen atoms in total. The van der Waals surface area contributed by atoms with E-state index in [4.69, 9.17) is 0 Å². The van der Waals surface area contributed by atoms with E-state index in [1.54, 1.807) is 0 Å². The normalized spacial score (nSPS) is 34.5. The van der Waals surface area contributed by atoms with Crippen LogP contribution in [0.1, 0.15) is 47.0 Å². The molecule has 0 aromatic carbocycles. The maximum Gasteiger partial charge on any atom is 0.151 e. The molecule has 0 aromatic heterocycles. The van der Waals surface area contributed by atoms with Crippen LogP contribution in [0.2, 0.25) is 0 Å². The van der Waals surface area contributed by atoms with Gasteiger partial charge in [0.25, 0.3) is 0 Å². The molecule has 2 aliphatic rings. The lowest BCUT2D eigenvalue weighted by Crippen LogP contribution is -2.62. The fourth-order valence-electron chi connectivity index (χ4n) is 3.88. The Morgan fingerprint density at radius 1 is 1.24 bits per heavy atom. The van der Waals surface area contributed by atoms with Crippen LogP contribution in [0.25, 0.3) is 0 Å². The molecule has 0 saturated carbocycles. The van der Waals surface area contributed by atoms with E-state index in [1.165, 1.54) is 6.42 Å². The third-order valence-electron chi connectivity index (χ3n) is 4.91. The maximum atomic E-state index is 12.0. The standard InChI is InChI=1S/C16H32N2O2S/c1-12(2)8-14-10-18(16(9-17-14)13(3)4)15-6-5-7-21(19,20)11-15/h12-17H,5-11H2,1-4H3. The van der Waals surface area contributed by atoms with Crippen molar-refractivity contribution in [2.45, 2.75) is 65.1 Å². The Bertz CT molecular complexity index is 434. The van der Waals surface area contributed by atoms with E-state index in [1.807, 2.05) is 0 Å². The van der Waals surface area contributed by atoms with Gasteiger partial charge >= 0.3 is 0 Å². The summed E-state index contributed by atoms with van der Waals surface area (Å²) >= 11 is 0. The Hall–Kier alpha value is -0.130. The first-order valence-corrected chi connectivity index (χ1v) is 10.3. The molecule has 0 spiro atoms. The summed E-state index contributed by atoms with van der Waals surface area (Å²) in [6.45, 7) is 11.0. The maximum absolute atomic E-state index is 12.0. The minimum Gasteiger partial charge on any atom is -0.311 e. The molecule has 5 heteroatoms. The molecule has 0 radical (unpaired) electrons. The molecule has 0 aromatic rings. The molecule has 2 aliphatic heterocycles. The van der Waals surface area contributed by atoms with E-state index in [-0.39, 0.29) is 6.04 Å². The zero-order valence-electron chi connectivity index (χ0n) is 14.0. The van der Waals surface area contributed by atoms with E-state index in [2.05, 4.69) is 37.9 Å². The van der Waals surface area contributed by atoms with Crippen LogP contribution in [0, 0.1) is 11.8 Å². The predicted molar refractivity (Wildman–Crippen MR) is 88.3 cm³/mol. The van der Waals surface area contributed by atoms with Crippen LogP contribution in [0.15, 0.2) is 0 Å². The smallest absolute Gasteiger partial charge is 0.151 e. The second-order valence-corrected chi connectivity index (χ2v) is 9.88. The van der Waals surface area contributed by atoms with Gasteiger partial charge in [-0.25, -0.2) is 8.42 Å². The largest absolute Gasteiger partial charge is 0.311 e. The van der Waals surface area contributed by atoms with Gasteiger partial charge in [-0.05, 0) is 31.1 Å². The van der Waals surface area contributed by atoms with Gasteiger partial charge in [0.2, 0.25) is 0 Å². The fraction of sp³-hybridized carbons (Fsp3) is 1.00. The molecule has 0 aliphatic carbocycles. The average molecular weight is 317 g/mol. The van der Waals surface area contributed by atoms with Crippen LogP contribution in [-0.4, -0.2) is 56.0 Å². The van der Waals surface area contributed by atoms with Gasteiger partial charge in [0.1, 0.15) is 0 Å². The van der Waals surface area contributed by atoms with Gasteiger partial charge in [0.15, 0.2) is 9.84 Å². The highest BCUT2D eigenvalue weighted by Crippen LogP contribution is 2.26. The number of piperazine rings is 1. The van der Waals surface area contributed by atoms with E-state index in [0.29, 0.717) is 35.4 Å². The van der Waals surface area contributed by atoms with Crippen molar-refractivity contribution >= 4 is 9.84 Å². The zero-order chi connectivity index (χ0) is 15.6. The number of hydrogen-bond acceptors (Lipinski definition) is 4. The summed E-state index contributed by atoms with van der Waals surface area (Å²) in [6.07, 6.45) is 3.04. The van der Waals surface area contributed by atoms with Gasteiger partial charge in [-0.2, -0.15) is 0 Å².